The maximum Gasteiger partial charge on any atom is 0.265 e. The molecule has 2 amide bonds. The number of nitrogens with one attached hydrogen (secondary N) is 1. The summed E-state index contributed by atoms with van der Waals surface area (Å²) in [5.41, 5.74) is 4.54. The van der Waals surface area contributed by atoms with Crippen molar-refractivity contribution in [1.29, 1.82) is 0 Å². The molecule has 3 aromatic rings. The van der Waals surface area contributed by atoms with E-state index in [0.29, 0.717) is 16.8 Å². The molecule has 4 rings (SSSR count). The third kappa shape index (κ3) is 4.11. The van der Waals surface area contributed by atoms with Gasteiger partial charge in [-0.2, -0.15) is 0 Å². The molecule has 0 aromatic heterocycles. The zero-order chi connectivity index (χ0) is 24.8. The van der Waals surface area contributed by atoms with Crippen molar-refractivity contribution < 1.29 is 9.59 Å². The van der Waals surface area contributed by atoms with Gasteiger partial charge >= 0.3 is 0 Å². The molecule has 0 bridgehead atoms. The van der Waals surface area contributed by atoms with Crippen LogP contribution in [-0.4, -0.2) is 18.4 Å². The first-order chi connectivity index (χ1) is 15.9. The molecule has 0 aliphatic carbocycles. The third-order valence-electron chi connectivity index (χ3n) is 6.67. The molecule has 178 valence electrons. The smallest absolute Gasteiger partial charge is 0.265 e. The van der Waals surface area contributed by atoms with Crippen LogP contribution in [0, 0.1) is 0 Å². The lowest BCUT2D eigenvalue weighted by Gasteiger charge is -2.34. The Bertz CT molecular complexity index is 1250. The molecule has 0 fully saturated rings. The van der Waals surface area contributed by atoms with Crippen molar-refractivity contribution in [2.24, 2.45) is 0 Å². The van der Waals surface area contributed by atoms with E-state index in [9.17, 15) is 9.59 Å². The van der Waals surface area contributed by atoms with E-state index in [1.165, 1.54) is 4.90 Å². The monoisotopic (exact) mass is 456 g/mol. The number of benzene rings is 3. The molecule has 0 saturated heterocycles. The molecular formula is C30H36N2O2. The quantitative estimate of drug-likeness (QED) is 0.320. The Hall–Kier alpha value is -3.14. The highest BCUT2D eigenvalue weighted by atomic mass is 16.2. The van der Waals surface area contributed by atoms with Gasteiger partial charge in [-0.3, -0.25) is 9.59 Å². The summed E-state index contributed by atoms with van der Waals surface area (Å²) in [5, 5.41) is 5.15. The normalized spacial score (nSPS) is 14.1. The summed E-state index contributed by atoms with van der Waals surface area (Å²) in [6, 6.07) is 15.8. The first-order valence-corrected chi connectivity index (χ1v) is 12.3. The minimum absolute atomic E-state index is 0.107. The highest BCUT2D eigenvalue weighted by Gasteiger charge is 2.37. The van der Waals surface area contributed by atoms with Gasteiger partial charge in [-0.25, -0.2) is 4.90 Å². The fraction of sp³-hybridized carbons (Fsp3) is 0.400. The molecular weight excluding hydrogens is 420 g/mol. The average molecular weight is 457 g/mol. The number of hydrogen-bond acceptors (Lipinski definition) is 3. The summed E-state index contributed by atoms with van der Waals surface area (Å²) in [6.45, 7) is 15.8. The topological polar surface area (TPSA) is 49.4 Å². The summed E-state index contributed by atoms with van der Waals surface area (Å²) in [6.07, 6.45) is 2.16. The zero-order valence-electron chi connectivity index (χ0n) is 21.5. The van der Waals surface area contributed by atoms with Gasteiger partial charge in [0, 0.05) is 34.1 Å². The number of unbranched alkanes of at least 4 members (excludes halogenated alkanes) is 1. The van der Waals surface area contributed by atoms with Crippen LogP contribution in [0.5, 0.6) is 0 Å². The van der Waals surface area contributed by atoms with E-state index in [4.69, 9.17) is 0 Å². The lowest BCUT2D eigenvalue weighted by molar-refractivity contribution is 0.0893. The average Bonchev–Trinajstić information content (AvgIpc) is 2.77. The number of nitrogens with zero attached hydrogens (tertiary/aromatic N) is 1. The summed E-state index contributed by atoms with van der Waals surface area (Å²) < 4.78 is 0. The molecule has 0 saturated carbocycles. The minimum Gasteiger partial charge on any atom is -0.385 e. The summed E-state index contributed by atoms with van der Waals surface area (Å²) in [4.78, 5) is 29.2. The van der Waals surface area contributed by atoms with Gasteiger partial charge in [0.1, 0.15) is 0 Å². The van der Waals surface area contributed by atoms with Crippen LogP contribution in [0.3, 0.4) is 0 Å². The number of amides is 2. The van der Waals surface area contributed by atoms with Gasteiger partial charge in [0.05, 0.1) is 5.69 Å². The summed E-state index contributed by atoms with van der Waals surface area (Å²) in [7, 11) is 0. The fourth-order valence-corrected chi connectivity index (χ4v) is 4.69. The van der Waals surface area contributed by atoms with Crippen LogP contribution in [0.4, 0.5) is 11.4 Å². The highest BCUT2D eigenvalue weighted by molar-refractivity contribution is 6.36. The molecule has 0 unspecified atom stereocenters. The van der Waals surface area contributed by atoms with Crippen LogP contribution < -0.4 is 10.2 Å². The van der Waals surface area contributed by atoms with Gasteiger partial charge in [-0.15, -0.1) is 0 Å². The summed E-state index contributed by atoms with van der Waals surface area (Å²) in [5.74, 6) is -0.518. The second-order valence-electron chi connectivity index (χ2n) is 11.3. The zero-order valence-corrected chi connectivity index (χ0v) is 21.5. The van der Waals surface area contributed by atoms with Gasteiger partial charge in [-0.1, -0.05) is 79.2 Å². The number of imide groups is 1. The Morgan fingerprint density at radius 1 is 0.824 bits per heavy atom. The van der Waals surface area contributed by atoms with E-state index < -0.39 is 0 Å². The molecule has 4 heteroatoms. The van der Waals surface area contributed by atoms with Crippen molar-refractivity contribution in [1.82, 2.24) is 0 Å². The van der Waals surface area contributed by atoms with Gasteiger partial charge in [-0.05, 0) is 52.6 Å². The predicted molar refractivity (Wildman–Crippen MR) is 142 cm³/mol. The molecule has 1 heterocycles. The second-order valence-corrected chi connectivity index (χ2v) is 11.3. The van der Waals surface area contributed by atoms with E-state index in [1.807, 2.05) is 36.4 Å². The van der Waals surface area contributed by atoms with Crippen LogP contribution in [0.2, 0.25) is 0 Å². The fourth-order valence-electron chi connectivity index (χ4n) is 4.69. The van der Waals surface area contributed by atoms with Gasteiger partial charge in [0.2, 0.25) is 0 Å². The molecule has 1 aliphatic heterocycles. The van der Waals surface area contributed by atoms with Crippen LogP contribution in [0.15, 0.2) is 48.5 Å². The van der Waals surface area contributed by atoms with Crippen molar-refractivity contribution in [3.8, 4) is 0 Å². The van der Waals surface area contributed by atoms with E-state index in [-0.39, 0.29) is 22.6 Å². The first kappa shape index (κ1) is 24.0. The number of hydrogen-bond donors (Lipinski definition) is 1. The molecule has 4 nitrogen and oxygen atoms in total. The van der Waals surface area contributed by atoms with Crippen LogP contribution >= 0.6 is 0 Å². The molecule has 0 atom stereocenters. The van der Waals surface area contributed by atoms with Crippen molar-refractivity contribution in [3.63, 3.8) is 0 Å². The number of carbonyl (C=O) groups is 2. The van der Waals surface area contributed by atoms with Crippen LogP contribution in [-0.2, 0) is 10.8 Å². The molecule has 0 spiro atoms. The van der Waals surface area contributed by atoms with Crippen molar-refractivity contribution >= 4 is 34.0 Å². The standard InChI is InChI=1S/C30H36N2O2/c1-8-9-17-31-24-16-14-22-26-20(24)11-10-12-21(26)27(33)32(28(22)34)25-18-19(29(2,3)4)13-15-23(25)30(5,6)7/h10-16,18,31H,8-9,17H2,1-7H3. The van der Waals surface area contributed by atoms with Gasteiger partial charge in [0.25, 0.3) is 11.8 Å². The maximum absolute atomic E-state index is 13.9. The number of carbonyl (C=O) groups excluding carboxylic acids is 2. The second kappa shape index (κ2) is 8.57. The van der Waals surface area contributed by atoms with E-state index in [2.05, 4.69) is 65.9 Å². The molecule has 34 heavy (non-hydrogen) atoms. The molecule has 1 aliphatic rings. The summed E-state index contributed by atoms with van der Waals surface area (Å²) >= 11 is 0. The molecule has 1 N–H and O–H groups in total. The van der Waals surface area contributed by atoms with E-state index in [1.54, 1.807) is 0 Å². The highest BCUT2D eigenvalue weighted by Crippen LogP contribution is 2.41. The molecule has 3 aromatic carbocycles. The van der Waals surface area contributed by atoms with Crippen molar-refractivity contribution in [2.45, 2.75) is 72.1 Å². The van der Waals surface area contributed by atoms with E-state index >= 15 is 0 Å². The number of rotatable bonds is 5. The Kier molecular flexibility index (Phi) is 6.05. The predicted octanol–water partition coefficient (Wildman–Crippen LogP) is 7.45. The van der Waals surface area contributed by atoms with Crippen molar-refractivity contribution in [2.75, 3.05) is 16.8 Å². The maximum atomic E-state index is 13.9. The first-order valence-electron chi connectivity index (χ1n) is 12.3. The van der Waals surface area contributed by atoms with Crippen LogP contribution in [0.25, 0.3) is 10.8 Å². The SMILES string of the molecule is CCCCNc1ccc2c3c(cccc13)C(=O)N(c1cc(C(C)(C)C)ccc1C(C)(C)C)C2=O. The Morgan fingerprint density at radius 2 is 1.50 bits per heavy atom. The molecule has 0 radical (unpaired) electrons. The lowest BCUT2D eigenvalue weighted by atomic mass is 9.80. The largest absolute Gasteiger partial charge is 0.385 e. The third-order valence-corrected chi connectivity index (χ3v) is 6.67. The number of anilines is 2. The Morgan fingerprint density at radius 3 is 2.12 bits per heavy atom. The lowest BCUT2D eigenvalue weighted by Crippen LogP contribution is -2.42. The Labute approximate surface area is 203 Å². The van der Waals surface area contributed by atoms with Crippen LogP contribution in [0.1, 0.15) is 93.2 Å². The van der Waals surface area contributed by atoms with Crippen molar-refractivity contribution in [3.05, 3.63) is 70.8 Å². The minimum atomic E-state index is -0.259. The Balaban J connectivity index is 1.91. The van der Waals surface area contributed by atoms with Gasteiger partial charge < -0.3 is 5.32 Å². The van der Waals surface area contributed by atoms with E-state index in [0.717, 1.165) is 47.0 Å². The van der Waals surface area contributed by atoms with Gasteiger partial charge in [0.15, 0.2) is 0 Å².